The molecule has 2 heterocycles. The van der Waals surface area contributed by atoms with Gasteiger partial charge in [-0.15, -0.1) is 11.3 Å². The highest BCUT2D eigenvalue weighted by Gasteiger charge is 2.32. The zero-order valence-corrected chi connectivity index (χ0v) is 16.0. The largest absolute Gasteiger partial charge is 0.462 e. The predicted octanol–water partition coefficient (Wildman–Crippen LogP) is 2.56. The molecule has 0 radical (unpaired) electrons. The maximum Gasteiger partial charge on any atom is 0.338 e. The van der Waals surface area contributed by atoms with E-state index >= 15 is 0 Å². The van der Waals surface area contributed by atoms with Crippen LogP contribution in [0, 0.1) is 6.92 Å². The minimum Gasteiger partial charge on any atom is -0.462 e. The highest BCUT2D eigenvalue weighted by Crippen LogP contribution is 2.34. The van der Waals surface area contributed by atoms with Crippen molar-refractivity contribution >= 4 is 33.0 Å². The number of benzene rings is 1. The lowest BCUT2D eigenvalue weighted by Gasteiger charge is -2.21. The summed E-state index contributed by atoms with van der Waals surface area (Å²) in [4.78, 5) is 17.5. The summed E-state index contributed by atoms with van der Waals surface area (Å²) in [6.45, 7) is 4.09. The van der Waals surface area contributed by atoms with Crippen molar-refractivity contribution in [1.82, 2.24) is 4.98 Å². The molecule has 0 bridgehead atoms. The number of carbonyl (C=O) groups excluding carboxylic acids is 1. The van der Waals surface area contributed by atoms with Crippen LogP contribution in [0.2, 0.25) is 0 Å². The Bertz CT molecular complexity index is 905. The molecule has 1 unspecified atom stereocenters. The first kappa shape index (κ1) is 17.9. The fourth-order valence-electron chi connectivity index (χ4n) is 3.12. The molecule has 0 aliphatic carbocycles. The Kier molecular flexibility index (Phi) is 4.83. The summed E-state index contributed by atoms with van der Waals surface area (Å²) in [5.74, 6) is -0.393. The van der Waals surface area contributed by atoms with Gasteiger partial charge >= 0.3 is 5.97 Å². The molecule has 0 saturated carbocycles. The van der Waals surface area contributed by atoms with Gasteiger partial charge in [0.1, 0.15) is 0 Å². The second-order valence-electron chi connectivity index (χ2n) is 6.20. The van der Waals surface area contributed by atoms with Gasteiger partial charge in [0.05, 0.1) is 35.3 Å². The van der Waals surface area contributed by atoms with E-state index in [1.54, 1.807) is 35.0 Å². The van der Waals surface area contributed by atoms with Gasteiger partial charge < -0.3 is 4.74 Å². The number of fused-ring (bicyclic) bond motifs is 1. The SMILES string of the molecule is Cc1ncsc1CCOC(=O)c1ccc2c(c1)CC(C)N2S(C)(=O)=O. The third-order valence-electron chi connectivity index (χ3n) is 4.23. The molecular weight excluding hydrogens is 360 g/mol. The predicted molar refractivity (Wildman–Crippen MR) is 97.8 cm³/mol. The Morgan fingerprint density at radius 2 is 2.20 bits per heavy atom. The van der Waals surface area contributed by atoms with Gasteiger partial charge in [-0.05, 0) is 44.0 Å². The molecule has 1 aromatic heterocycles. The van der Waals surface area contributed by atoms with Crippen molar-refractivity contribution in [1.29, 1.82) is 0 Å². The van der Waals surface area contributed by atoms with E-state index < -0.39 is 16.0 Å². The van der Waals surface area contributed by atoms with Gasteiger partial charge in [0.2, 0.25) is 10.0 Å². The van der Waals surface area contributed by atoms with Crippen LogP contribution in [0.4, 0.5) is 5.69 Å². The summed E-state index contributed by atoms with van der Waals surface area (Å²) in [6.07, 6.45) is 2.43. The molecule has 8 heteroatoms. The van der Waals surface area contributed by atoms with E-state index in [0.717, 1.165) is 16.1 Å². The molecule has 2 aromatic rings. The number of hydrogen-bond acceptors (Lipinski definition) is 6. The van der Waals surface area contributed by atoms with E-state index in [4.69, 9.17) is 4.74 Å². The Balaban J connectivity index is 1.69. The van der Waals surface area contributed by atoms with Gasteiger partial charge in [-0.25, -0.2) is 18.2 Å². The van der Waals surface area contributed by atoms with Crippen LogP contribution in [0.25, 0.3) is 0 Å². The van der Waals surface area contributed by atoms with Crippen LogP contribution in [0.15, 0.2) is 23.7 Å². The van der Waals surface area contributed by atoms with Crippen molar-refractivity contribution in [3.63, 3.8) is 0 Å². The van der Waals surface area contributed by atoms with E-state index in [2.05, 4.69) is 4.98 Å². The summed E-state index contributed by atoms with van der Waals surface area (Å²) in [5, 5.41) is 0. The topological polar surface area (TPSA) is 76.6 Å². The van der Waals surface area contributed by atoms with E-state index in [1.165, 1.54) is 10.6 Å². The number of aromatic nitrogens is 1. The van der Waals surface area contributed by atoms with Crippen LogP contribution in [-0.2, 0) is 27.6 Å². The number of nitrogens with zero attached hydrogens (tertiary/aromatic N) is 2. The number of aryl methyl sites for hydroxylation is 1. The van der Waals surface area contributed by atoms with Crippen LogP contribution >= 0.6 is 11.3 Å². The van der Waals surface area contributed by atoms with Gasteiger partial charge in [0.25, 0.3) is 0 Å². The summed E-state index contributed by atoms with van der Waals surface area (Å²) in [5.41, 5.74) is 4.69. The summed E-state index contributed by atoms with van der Waals surface area (Å²) in [7, 11) is -3.33. The van der Waals surface area contributed by atoms with Crippen molar-refractivity contribution in [3.05, 3.63) is 45.4 Å². The van der Waals surface area contributed by atoms with Gasteiger partial charge in [0, 0.05) is 17.3 Å². The third kappa shape index (κ3) is 3.69. The summed E-state index contributed by atoms with van der Waals surface area (Å²) < 4.78 is 30.6. The van der Waals surface area contributed by atoms with Crippen LogP contribution in [0.1, 0.15) is 33.4 Å². The van der Waals surface area contributed by atoms with Gasteiger partial charge in [0.15, 0.2) is 0 Å². The van der Waals surface area contributed by atoms with Crippen molar-refractivity contribution < 1.29 is 17.9 Å². The molecule has 1 aliphatic heterocycles. The maximum atomic E-state index is 12.3. The Morgan fingerprint density at radius 1 is 1.44 bits per heavy atom. The van der Waals surface area contributed by atoms with Crippen molar-refractivity contribution in [2.45, 2.75) is 32.7 Å². The Morgan fingerprint density at radius 3 is 2.84 bits per heavy atom. The minimum atomic E-state index is -3.33. The molecule has 0 fully saturated rings. The second kappa shape index (κ2) is 6.76. The van der Waals surface area contributed by atoms with E-state index in [9.17, 15) is 13.2 Å². The Labute approximate surface area is 151 Å². The molecule has 6 nitrogen and oxygen atoms in total. The first-order valence-electron chi connectivity index (χ1n) is 7.96. The molecule has 25 heavy (non-hydrogen) atoms. The first-order valence-corrected chi connectivity index (χ1v) is 10.7. The third-order valence-corrected chi connectivity index (χ3v) is 6.50. The molecule has 0 saturated heterocycles. The van der Waals surface area contributed by atoms with Crippen LogP contribution < -0.4 is 4.31 Å². The smallest absolute Gasteiger partial charge is 0.338 e. The zero-order valence-electron chi connectivity index (χ0n) is 14.4. The Hall–Kier alpha value is -1.93. The normalized spacial score (nSPS) is 16.8. The lowest BCUT2D eigenvalue weighted by molar-refractivity contribution is 0.0509. The first-order chi connectivity index (χ1) is 11.8. The van der Waals surface area contributed by atoms with Crippen LogP contribution in [0.3, 0.4) is 0 Å². The van der Waals surface area contributed by atoms with E-state index in [0.29, 0.717) is 30.7 Å². The quantitative estimate of drug-likeness (QED) is 0.745. The van der Waals surface area contributed by atoms with Crippen molar-refractivity contribution in [3.8, 4) is 0 Å². The molecule has 134 valence electrons. The van der Waals surface area contributed by atoms with E-state index in [-0.39, 0.29) is 6.04 Å². The molecule has 0 amide bonds. The van der Waals surface area contributed by atoms with Crippen molar-refractivity contribution in [2.75, 3.05) is 17.2 Å². The standard InChI is InChI=1S/C17H20N2O4S2/c1-11-8-14-9-13(4-5-15(14)19(11)25(3,21)22)17(20)23-7-6-16-12(2)18-10-24-16/h4-5,9-11H,6-8H2,1-3H3. The average Bonchev–Trinajstić information content (AvgIpc) is 3.08. The number of hydrogen-bond donors (Lipinski definition) is 0. The lowest BCUT2D eigenvalue weighted by Crippen LogP contribution is -2.34. The minimum absolute atomic E-state index is 0.148. The number of carbonyl (C=O) groups is 1. The number of rotatable bonds is 5. The van der Waals surface area contributed by atoms with Crippen molar-refractivity contribution in [2.24, 2.45) is 0 Å². The second-order valence-corrected chi connectivity index (χ2v) is 9.00. The fourth-order valence-corrected chi connectivity index (χ4v) is 5.15. The lowest BCUT2D eigenvalue weighted by atomic mass is 10.1. The highest BCUT2D eigenvalue weighted by atomic mass is 32.2. The van der Waals surface area contributed by atoms with Gasteiger partial charge in [-0.3, -0.25) is 4.31 Å². The number of ether oxygens (including phenoxy) is 1. The molecule has 0 spiro atoms. The molecule has 1 aliphatic rings. The molecule has 1 atom stereocenters. The molecular formula is C17H20N2O4S2. The monoisotopic (exact) mass is 380 g/mol. The number of anilines is 1. The number of esters is 1. The molecule has 3 rings (SSSR count). The zero-order chi connectivity index (χ0) is 18.2. The number of sulfonamides is 1. The summed E-state index contributed by atoms with van der Waals surface area (Å²) in [6, 6.07) is 4.89. The van der Waals surface area contributed by atoms with Crippen LogP contribution in [0.5, 0.6) is 0 Å². The molecule has 1 aromatic carbocycles. The fraction of sp³-hybridized carbons (Fsp3) is 0.412. The van der Waals surface area contributed by atoms with Gasteiger partial charge in [-0.1, -0.05) is 0 Å². The maximum absolute atomic E-state index is 12.3. The number of thiazole rings is 1. The van der Waals surface area contributed by atoms with Gasteiger partial charge in [-0.2, -0.15) is 0 Å². The van der Waals surface area contributed by atoms with Crippen LogP contribution in [-0.4, -0.2) is 38.3 Å². The highest BCUT2D eigenvalue weighted by molar-refractivity contribution is 7.92. The molecule has 0 N–H and O–H groups in total. The average molecular weight is 380 g/mol. The van der Waals surface area contributed by atoms with E-state index in [1.807, 2.05) is 13.8 Å². The summed E-state index contributed by atoms with van der Waals surface area (Å²) >= 11 is 1.55.